The molecule has 0 spiro atoms. The van der Waals surface area contributed by atoms with Crippen LogP contribution in [0.3, 0.4) is 0 Å². The maximum Gasteiger partial charge on any atom is 0.150 e. The Morgan fingerprint density at radius 2 is 1.78 bits per heavy atom. The van der Waals surface area contributed by atoms with Crippen LogP contribution in [0.4, 0.5) is 0 Å². The number of nitrogens with two attached hydrogens (primary N) is 1. The molecule has 0 bridgehead atoms. The van der Waals surface area contributed by atoms with Crippen molar-refractivity contribution in [3.05, 3.63) is 0 Å². The van der Waals surface area contributed by atoms with Crippen LogP contribution in [0.2, 0.25) is 0 Å². The highest BCUT2D eigenvalue weighted by Crippen LogP contribution is 2.29. The van der Waals surface area contributed by atoms with Crippen molar-refractivity contribution in [3.63, 3.8) is 0 Å². The Balaban J connectivity index is 1.89. The van der Waals surface area contributed by atoms with Crippen molar-refractivity contribution in [3.8, 4) is 0 Å². The number of hydrogen-bond donors (Lipinski definition) is 1. The van der Waals surface area contributed by atoms with E-state index >= 15 is 0 Å². The molecule has 2 aliphatic rings. The van der Waals surface area contributed by atoms with E-state index < -0.39 is 9.84 Å². The standard InChI is InChI=1S/C13H25NO3S/c1-18(15,16)11-6-4-5-10(9-11)17-13-8-3-2-7-12(13)14/h10-13H,2-9,14H2,1H3. The molecule has 4 unspecified atom stereocenters. The summed E-state index contributed by atoms with van der Waals surface area (Å²) in [5.41, 5.74) is 6.07. The molecular formula is C13H25NO3S. The van der Waals surface area contributed by atoms with Crippen molar-refractivity contribution in [2.45, 2.75) is 74.9 Å². The normalized spacial score (nSPS) is 38.6. The van der Waals surface area contributed by atoms with Crippen LogP contribution in [0.25, 0.3) is 0 Å². The summed E-state index contributed by atoms with van der Waals surface area (Å²) < 4.78 is 29.3. The Kier molecular flexibility index (Phi) is 4.67. The van der Waals surface area contributed by atoms with E-state index in [0.717, 1.165) is 32.1 Å². The largest absolute Gasteiger partial charge is 0.373 e. The monoisotopic (exact) mass is 275 g/mol. The molecule has 0 radical (unpaired) electrons. The predicted octanol–water partition coefficient (Wildman–Crippen LogP) is 1.63. The molecule has 0 aliphatic heterocycles. The molecule has 0 heterocycles. The fourth-order valence-corrected chi connectivity index (χ4v) is 4.32. The molecule has 2 rings (SSSR count). The zero-order valence-electron chi connectivity index (χ0n) is 11.2. The lowest BCUT2D eigenvalue weighted by atomic mass is 9.91. The first kappa shape index (κ1) is 14.3. The van der Waals surface area contributed by atoms with Crippen molar-refractivity contribution in [1.29, 1.82) is 0 Å². The third-order valence-corrected chi connectivity index (χ3v) is 5.94. The van der Waals surface area contributed by atoms with Crippen molar-refractivity contribution in [2.24, 2.45) is 5.73 Å². The number of hydrogen-bond acceptors (Lipinski definition) is 4. The van der Waals surface area contributed by atoms with Gasteiger partial charge in [0.1, 0.15) is 9.84 Å². The summed E-state index contributed by atoms with van der Waals surface area (Å²) in [7, 11) is -2.92. The van der Waals surface area contributed by atoms with Gasteiger partial charge in [-0.25, -0.2) is 8.42 Å². The Morgan fingerprint density at radius 1 is 1.06 bits per heavy atom. The lowest BCUT2D eigenvalue weighted by Crippen LogP contribution is -2.43. The Labute approximate surface area is 110 Å². The van der Waals surface area contributed by atoms with Gasteiger partial charge in [-0.05, 0) is 38.5 Å². The van der Waals surface area contributed by atoms with Crippen molar-refractivity contribution >= 4 is 9.84 Å². The number of sulfone groups is 1. The summed E-state index contributed by atoms with van der Waals surface area (Å²) in [6, 6.07) is 0.136. The molecule has 2 fully saturated rings. The van der Waals surface area contributed by atoms with Crippen LogP contribution in [0.5, 0.6) is 0 Å². The Hall–Kier alpha value is -0.130. The quantitative estimate of drug-likeness (QED) is 0.850. The van der Waals surface area contributed by atoms with E-state index in [9.17, 15) is 8.42 Å². The molecule has 4 nitrogen and oxygen atoms in total. The van der Waals surface area contributed by atoms with Crippen LogP contribution in [-0.4, -0.2) is 38.2 Å². The molecule has 0 aromatic carbocycles. The molecule has 18 heavy (non-hydrogen) atoms. The minimum atomic E-state index is -2.92. The Morgan fingerprint density at radius 3 is 2.44 bits per heavy atom. The van der Waals surface area contributed by atoms with E-state index in [-0.39, 0.29) is 23.5 Å². The molecule has 4 atom stereocenters. The van der Waals surface area contributed by atoms with E-state index in [1.807, 2.05) is 0 Å². The van der Waals surface area contributed by atoms with E-state index in [0.29, 0.717) is 6.42 Å². The van der Waals surface area contributed by atoms with Gasteiger partial charge in [0.15, 0.2) is 0 Å². The maximum absolute atomic E-state index is 11.6. The third kappa shape index (κ3) is 3.68. The van der Waals surface area contributed by atoms with Gasteiger partial charge >= 0.3 is 0 Å². The van der Waals surface area contributed by atoms with Gasteiger partial charge in [0, 0.05) is 12.3 Å². The Bertz CT molecular complexity index is 368. The van der Waals surface area contributed by atoms with E-state index in [2.05, 4.69) is 0 Å². The zero-order valence-corrected chi connectivity index (χ0v) is 12.0. The summed E-state index contributed by atoms with van der Waals surface area (Å²) in [6.07, 6.45) is 9.38. The second-order valence-corrected chi connectivity index (χ2v) is 8.19. The van der Waals surface area contributed by atoms with Gasteiger partial charge in [-0.15, -0.1) is 0 Å². The topological polar surface area (TPSA) is 69.4 Å². The second kappa shape index (κ2) is 5.88. The average molecular weight is 275 g/mol. The highest BCUT2D eigenvalue weighted by atomic mass is 32.2. The third-order valence-electron chi connectivity index (χ3n) is 4.30. The summed E-state index contributed by atoms with van der Waals surface area (Å²) in [5.74, 6) is 0. The first-order chi connectivity index (χ1) is 8.47. The number of rotatable bonds is 3. The summed E-state index contributed by atoms with van der Waals surface area (Å²) >= 11 is 0. The lowest BCUT2D eigenvalue weighted by Gasteiger charge is -2.35. The van der Waals surface area contributed by atoms with Crippen molar-refractivity contribution in [1.82, 2.24) is 0 Å². The first-order valence-electron chi connectivity index (χ1n) is 7.06. The van der Waals surface area contributed by atoms with Gasteiger partial charge in [0.05, 0.1) is 17.5 Å². The van der Waals surface area contributed by atoms with Gasteiger partial charge < -0.3 is 10.5 Å². The molecule has 5 heteroatoms. The molecular weight excluding hydrogens is 250 g/mol. The summed E-state index contributed by atoms with van der Waals surface area (Å²) in [4.78, 5) is 0. The van der Waals surface area contributed by atoms with Crippen LogP contribution in [-0.2, 0) is 14.6 Å². The fraction of sp³-hybridized carbons (Fsp3) is 1.00. The van der Waals surface area contributed by atoms with Crippen LogP contribution >= 0.6 is 0 Å². The molecule has 0 aromatic heterocycles. The smallest absolute Gasteiger partial charge is 0.150 e. The highest BCUT2D eigenvalue weighted by Gasteiger charge is 2.32. The van der Waals surface area contributed by atoms with Crippen LogP contribution in [0.15, 0.2) is 0 Å². The van der Waals surface area contributed by atoms with Crippen LogP contribution in [0.1, 0.15) is 51.4 Å². The van der Waals surface area contributed by atoms with Gasteiger partial charge in [0.25, 0.3) is 0 Å². The summed E-state index contributed by atoms with van der Waals surface area (Å²) in [5, 5.41) is -0.212. The second-order valence-electron chi connectivity index (χ2n) is 5.86. The van der Waals surface area contributed by atoms with Gasteiger partial charge in [-0.1, -0.05) is 12.8 Å². The molecule has 0 amide bonds. The van der Waals surface area contributed by atoms with Crippen molar-refractivity contribution in [2.75, 3.05) is 6.26 Å². The van der Waals surface area contributed by atoms with Crippen LogP contribution in [0, 0.1) is 0 Å². The molecule has 2 aliphatic carbocycles. The average Bonchev–Trinajstić information content (AvgIpc) is 2.31. The minimum Gasteiger partial charge on any atom is -0.373 e. The zero-order chi connectivity index (χ0) is 13.2. The lowest BCUT2D eigenvalue weighted by molar-refractivity contribution is -0.0532. The highest BCUT2D eigenvalue weighted by molar-refractivity contribution is 7.91. The van der Waals surface area contributed by atoms with Crippen LogP contribution < -0.4 is 5.73 Å². The van der Waals surface area contributed by atoms with Gasteiger partial charge in [-0.2, -0.15) is 0 Å². The fourth-order valence-electron chi connectivity index (χ4n) is 3.16. The van der Waals surface area contributed by atoms with E-state index in [1.165, 1.54) is 19.1 Å². The molecule has 2 N–H and O–H groups in total. The van der Waals surface area contributed by atoms with Crippen molar-refractivity contribution < 1.29 is 13.2 Å². The van der Waals surface area contributed by atoms with E-state index in [4.69, 9.17) is 10.5 Å². The van der Waals surface area contributed by atoms with Gasteiger partial charge in [-0.3, -0.25) is 0 Å². The molecule has 106 valence electrons. The maximum atomic E-state index is 11.6. The molecule has 0 saturated heterocycles. The number of ether oxygens (including phenoxy) is 1. The SMILES string of the molecule is CS(=O)(=O)C1CCCC(OC2CCCCC2N)C1. The van der Waals surface area contributed by atoms with E-state index in [1.54, 1.807) is 0 Å². The first-order valence-corrected chi connectivity index (χ1v) is 9.02. The van der Waals surface area contributed by atoms with Gasteiger partial charge in [0.2, 0.25) is 0 Å². The molecule has 0 aromatic rings. The molecule has 2 saturated carbocycles. The minimum absolute atomic E-state index is 0.0904. The summed E-state index contributed by atoms with van der Waals surface area (Å²) in [6.45, 7) is 0. The predicted molar refractivity (Wildman–Crippen MR) is 72.2 cm³/mol.